The van der Waals surface area contributed by atoms with Gasteiger partial charge in [0.15, 0.2) is 0 Å². The molecule has 2 aromatic carbocycles. The Bertz CT molecular complexity index is 766. The Morgan fingerprint density at radius 2 is 1.63 bits per heavy atom. The number of rotatable bonds is 1. The van der Waals surface area contributed by atoms with Crippen molar-refractivity contribution in [2.24, 2.45) is 7.05 Å². The summed E-state index contributed by atoms with van der Waals surface area (Å²) in [6, 6.07) is 11.0. The average molecular weight is 250 g/mol. The molecule has 0 radical (unpaired) electrons. The lowest BCUT2D eigenvalue weighted by molar-refractivity contribution is 0.779. The fraction of sp³-hybridized carbons (Fsp3) is 0.235. The third-order valence-corrected chi connectivity index (χ3v) is 3.81. The molecule has 0 bridgehead atoms. The maximum Gasteiger partial charge on any atom is 0.0958 e. The molecule has 3 rings (SSSR count). The van der Waals surface area contributed by atoms with E-state index in [0.29, 0.717) is 0 Å². The lowest BCUT2D eigenvalue weighted by Gasteiger charge is -2.07. The van der Waals surface area contributed by atoms with Crippen LogP contribution in [0, 0.1) is 20.8 Å². The number of aryl methyl sites for hydroxylation is 4. The molecule has 0 aliphatic heterocycles. The van der Waals surface area contributed by atoms with Crippen molar-refractivity contribution >= 4 is 10.9 Å². The third kappa shape index (κ3) is 1.93. The molecular weight excluding hydrogens is 232 g/mol. The van der Waals surface area contributed by atoms with E-state index in [1.807, 2.05) is 11.7 Å². The van der Waals surface area contributed by atoms with Crippen LogP contribution in [0.3, 0.4) is 0 Å². The quantitative estimate of drug-likeness (QED) is 0.634. The van der Waals surface area contributed by atoms with Gasteiger partial charge in [-0.3, -0.25) is 4.68 Å². The molecular formula is C17H18N2. The van der Waals surface area contributed by atoms with E-state index in [9.17, 15) is 0 Å². The minimum atomic E-state index is 1.10. The zero-order valence-corrected chi connectivity index (χ0v) is 11.9. The van der Waals surface area contributed by atoms with Gasteiger partial charge in [0.05, 0.1) is 5.52 Å². The van der Waals surface area contributed by atoms with E-state index in [-0.39, 0.29) is 0 Å². The first-order valence-electron chi connectivity index (χ1n) is 6.57. The second kappa shape index (κ2) is 4.23. The van der Waals surface area contributed by atoms with Crippen molar-refractivity contribution in [1.29, 1.82) is 0 Å². The Balaban J connectivity index is 2.30. The summed E-state index contributed by atoms with van der Waals surface area (Å²) in [4.78, 5) is 0. The summed E-state index contributed by atoms with van der Waals surface area (Å²) in [6.07, 6.45) is 2.10. The molecule has 0 aliphatic carbocycles. The van der Waals surface area contributed by atoms with Crippen LogP contribution in [0.1, 0.15) is 16.7 Å². The van der Waals surface area contributed by atoms with E-state index >= 15 is 0 Å². The molecule has 0 saturated heterocycles. The maximum atomic E-state index is 4.56. The normalized spacial score (nSPS) is 11.2. The van der Waals surface area contributed by atoms with Crippen molar-refractivity contribution in [3.8, 4) is 11.1 Å². The summed E-state index contributed by atoms with van der Waals surface area (Å²) in [5.74, 6) is 0. The van der Waals surface area contributed by atoms with Crippen molar-refractivity contribution in [1.82, 2.24) is 9.78 Å². The first-order chi connectivity index (χ1) is 9.06. The maximum absolute atomic E-state index is 4.56. The van der Waals surface area contributed by atoms with Gasteiger partial charge in [-0.1, -0.05) is 30.3 Å². The molecule has 19 heavy (non-hydrogen) atoms. The summed E-state index contributed by atoms with van der Waals surface area (Å²) in [6.45, 7) is 6.42. The highest BCUT2D eigenvalue weighted by atomic mass is 15.2. The Kier molecular flexibility index (Phi) is 2.67. The molecule has 1 aromatic heterocycles. The molecule has 0 aliphatic rings. The predicted molar refractivity (Wildman–Crippen MR) is 80.4 cm³/mol. The van der Waals surface area contributed by atoms with E-state index in [0.717, 1.165) is 5.52 Å². The van der Waals surface area contributed by atoms with E-state index in [1.54, 1.807) is 0 Å². The number of benzene rings is 2. The number of hydrogen-bond donors (Lipinski definition) is 0. The number of hydrogen-bond acceptors (Lipinski definition) is 1. The van der Waals surface area contributed by atoms with Crippen LogP contribution < -0.4 is 0 Å². The fourth-order valence-corrected chi connectivity index (χ4v) is 2.51. The lowest BCUT2D eigenvalue weighted by atomic mass is 9.97. The van der Waals surface area contributed by atoms with E-state index in [1.165, 1.54) is 33.2 Å². The number of aromatic nitrogens is 2. The predicted octanol–water partition coefficient (Wildman–Crippen LogP) is 4.17. The molecule has 0 spiro atoms. The third-order valence-electron chi connectivity index (χ3n) is 3.81. The first kappa shape index (κ1) is 12.0. The van der Waals surface area contributed by atoms with Gasteiger partial charge in [-0.25, -0.2) is 0 Å². The van der Waals surface area contributed by atoms with Crippen LogP contribution in [-0.2, 0) is 7.05 Å². The van der Waals surface area contributed by atoms with Gasteiger partial charge in [0.2, 0.25) is 0 Å². The molecule has 1 heterocycles. The van der Waals surface area contributed by atoms with E-state index < -0.39 is 0 Å². The van der Waals surface area contributed by atoms with Gasteiger partial charge in [-0.05, 0) is 48.6 Å². The molecule has 0 atom stereocenters. The van der Waals surface area contributed by atoms with Crippen LogP contribution >= 0.6 is 0 Å². The SMILES string of the molecule is Cc1ccc(-c2ccc(C)c3nn(C)cc23)cc1C. The summed E-state index contributed by atoms with van der Waals surface area (Å²) < 4.78 is 1.89. The van der Waals surface area contributed by atoms with Gasteiger partial charge in [0.1, 0.15) is 0 Å². The van der Waals surface area contributed by atoms with Gasteiger partial charge in [0, 0.05) is 18.6 Å². The van der Waals surface area contributed by atoms with E-state index in [4.69, 9.17) is 0 Å². The van der Waals surface area contributed by atoms with Gasteiger partial charge in [0.25, 0.3) is 0 Å². The average Bonchev–Trinajstić information content (AvgIpc) is 2.76. The van der Waals surface area contributed by atoms with Crippen LogP contribution in [0.5, 0.6) is 0 Å². The van der Waals surface area contributed by atoms with Crippen LogP contribution in [0.4, 0.5) is 0 Å². The standard InChI is InChI=1S/C17H18N2/c1-11-5-7-14(9-13(11)3)15-8-6-12(2)17-16(15)10-19(4)18-17/h5-10H,1-4H3. The molecule has 0 unspecified atom stereocenters. The highest BCUT2D eigenvalue weighted by Crippen LogP contribution is 2.30. The molecule has 0 amide bonds. The summed E-state index contributed by atoms with van der Waals surface area (Å²) in [5.41, 5.74) is 7.51. The van der Waals surface area contributed by atoms with Crippen LogP contribution in [0.15, 0.2) is 36.5 Å². The molecule has 0 fully saturated rings. The highest BCUT2D eigenvalue weighted by Gasteiger charge is 2.09. The molecule has 2 nitrogen and oxygen atoms in total. The summed E-state index contributed by atoms with van der Waals surface area (Å²) >= 11 is 0. The second-order valence-corrected chi connectivity index (χ2v) is 5.29. The minimum Gasteiger partial charge on any atom is -0.275 e. The Morgan fingerprint density at radius 3 is 2.37 bits per heavy atom. The summed E-state index contributed by atoms with van der Waals surface area (Å²) in [5, 5.41) is 5.78. The Morgan fingerprint density at radius 1 is 0.895 bits per heavy atom. The zero-order chi connectivity index (χ0) is 13.6. The van der Waals surface area contributed by atoms with Crippen LogP contribution in [0.2, 0.25) is 0 Å². The number of fused-ring (bicyclic) bond motifs is 1. The van der Waals surface area contributed by atoms with Gasteiger partial charge >= 0.3 is 0 Å². The van der Waals surface area contributed by atoms with Crippen molar-refractivity contribution in [3.63, 3.8) is 0 Å². The van der Waals surface area contributed by atoms with Gasteiger partial charge in [-0.15, -0.1) is 0 Å². The van der Waals surface area contributed by atoms with Gasteiger partial charge < -0.3 is 0 Å². The van der Waals surface area contributed by atoms with Crippen LogP contribution in [0.25, 0.3) is 22.0 Å². The topological polar surface area (TPSA) is 17.8 Å². The molecule has 96 valence electrons. The van der Waals surface area contributed by atoms with E-state index in [2.05, 4.69) is 62.4 Å². The smallest absolute Gasteiger partial charge is 0.0958 e. The van der Waals surface area contributed by atoms with Crippen molar-refractivity contribution in [2.45, 2.75) is 20.8 Å². The number of nitrogens with zero attached hydrogens (tertiary/aromatic N) is 2. The highest BCUT2D eigenvalue weighted by molar-refractivity contribution is 5.96. The van der Waals surface area contributed by atoms with Crippen molar-refractivity contribution in [2.75, 3.05) is 0 Å². The Labute approximate surface area is 113 Å². The molecule has 0 saturated carbocycles. The second-order valence-electron chi connectivity index (χ2n) is 5.29. The largest absolute Gasteiger partial charge is 0.275 e. The molecule has 3 aromatic rings. The monoisotopic (exact) mass is 250 g/mol. The van der Waals surface area contributed by atoms with Crippen molar-refractivity contribution < 1.29 is 0 Å². The minimum absolute atomic E-state index is 1.10. The van der Waals surface area contributed by atoms with Crippen molar-refractivity contribution in [3.05, 3.63) is 53.2 Å². The zero-order valence-electron chi connectivity index (χ0n) is 11.9. The molecule has 0 N–H and O–H groups in total. The summed E-state index contributed by atoms with van der Waals surface area (Å²) in [7, 11) is 1.98. The first-order valence-corrected chi connectivity index (χ1v) is 6.57. The lowest BCUT2D eigenvalue weighted by Crippen LogP contribution is -1.86. The van der Waals surface area contributed by atoms with Crippen LogP contribution in [-0.4, -0.2) is 9.78 Å². The molecule has 2 heteroatoms. The van der Waals surface area contributed by atoms with Gasteiger partial charge in [-0.2, -0.15) is 5.10 Å². The fourth-order valence-electron chi connectivity index (χ4n) is 2.51. The Hall–Kier alpha value is -2.09.